The Kier molecular flexibility index (Phi) is 2.49. The quantitative estimate of drug-likeness (QED) is 0.814. The Morgan fingerprint density at radius 1 is 1.33 bits per heavy atom. The maximum Gasteiger partial charge on any atom is 0.141 e. The fourth-order valence-corrected chi connectivity index (χ4v) is 1.69. The lowest BCUT2D eigenvalue weighted by molar-refractivity contribution is 0.813. The maximum absolute atomic E-state index is 5.91. The summed E-state index contributed by atoms with van der Waals surface area (Å²) in [5.74, 6) is 0.450. The number of hydrogen-bond acceptors (Lipinski definition) is 2. The Balaban J connectivity index is 2.64. The Hall–Kier alpha value is -1.35. The average Bonchev–Trinajstić information content (AvgIpc) is 2.60. The van der Waals surface area contributed by atoms with E-state index in [0.29, 0.717) is 5.92 Å². The minimum atomic E-state index is 0.0242. The number of nitrogens with zero attached hydrogens (tertiary/aromatic N) is 2. The summed E-state index contributed by atoms with van der Waals surface area (Å²) in [4.78, 5) is 4.62. The van der Waals surface area contributed by atoms with Crippen LogP contribution in [0.1, 0.15) is 44.0 Å². The first-order valence-electron chi connectivity index (χ1n) is 5.32. The van der Waals surface area contributed by atoms with Crippen LogP contribution in [-0.4, -0.2) is 9.38 Å². The van der Waals surface area contributed by atoms with Gasteiger partial charge in [-0.25, -0.2) is 4.98 Å². The summed E-state index contributed by atoms with van der Waals surface area (Å²) >= 11 is 0. The van der Waals surface area contributed by atoms with Crippen molar-refractivity contribution < 1.29 is 0 Å². The second-order valence-electron chi connectivity index (χ2n) is 4.30. The molecular formula is C12H17N3. The van der Waals surface area contributed by atoms with Gasteiger partial charge in [0.15, 0.2) is 0 Å². The summed E-state index contributed by atoms with van der Waals surface area (Å²) in [6.45, 7) is 6.28. The molecule has 0 amide bonds. The summed E-state index contributed by atoms with van der Waals surface area (Å²) in [6.07, 6.45) is 4.09. The predicted octanol–water partition coefficient (Wildman–Crippen LogP) is 2.48. The van der Waals surface area contributed by atoms with E-state index in [-0.39, 0.29) is 6.04 Å². The Bertz CT molecular complexity index is 469. The number of hydrogen-bond donors (Lipinski definition) is 1. The van der Waals surface area contributed by atoms with Gasteiger partial charge < -0.3 is 10.1 Å². The van der Waals surface area contributed by atoms with Crippen LogP contribution in [0.5, 0.6) is 0 Å². The van der Waals surface area contributed by atoms with Crippen molar-refractivity contribution in [3.8, 4) is 0 Å². The molecule has 0 aliphatic rings. The van der Waals surface area contributed by atoms with Crippen LogP contribution in [0.4, 0.5) is 0 Å². The van der Waals surface area contributed by atoms with Crippen LogP contribution in [0.3, 0.4) is 0 Å². The molecule has 1 unspecified atom stereocenters. The van der Waals surface area contributed by atoms with Gasteiger partial charge in [-0.1, -0.05) is 19.9 Å². The van der Waals surface area contributed by atoms with Crippen molar-refractivity contribution in [2.75, 3.05) is 0 Å². The fourth-order valence-electron chi connectivity index (χ4n) is 1.69. The molecule has 0 aromatic carbocycles. The molecule has 2 aromatic rings. The van der Waals surface area contributed by atoms with Crippen molar-refractivity contribution in [2.45, 2.75) is 32.7 Å². The third-order valence-electron chi connectivity index (χ3n) is 2.61. The van der Waals surface area contributed by atoms with Crippen LogP contribution >= 0.6 is 0 Å². The molecule has 3 nitrogen and oxygen atoms in total. The zero-order valence-electron chi connectivity index (χ0n) is 9.44. The lowest BCUT2D eigenvalue weighted by Gasteiger charge is -2.06. The topological polar surface area (TPSA) is 43.3 Å². The molecule has 15 heavy (non-hydrogen) atoms. The van der Waals surface area contributed by atoms with Crippen LogP contribution in [-0.2, 0) is 0 Å². The molecule has 0 fully saturated rings. The fraction of sp³-hybridized carbons (Fsp3) is 0.417. The van der Waals surface area contributed by atoms with E-state index in [1.54, 1.807) is 0 Å². The SMILES string of the molecule is CC(C)c1cn2cccc(C(C)N)c2n1. The monoisotopic (exact) mass is 203 g/mol. The van der Waals surface area contributed by atoms with E-state index in [9.17, 15) is 0 Å². The van der Waals surface area contributed by atoms with E-state index >= 15 is 0 Å². The lowest BCUT2D eigenvalue weighted by atomic mass is 10.1. The zero-order valence-corrected chi connectivity index (χ0v) is 9.44. The average molecular weight is 203 g/mol. The summed E-state index contributed by atoms with van der Waals surface area (Å²) < 4.78 is 2.05. The third kappa shape index (κ3) is 1.75. The number of nitrogens with two attached hydrogens (primary N) is 1. The van der Waals surface area contributed by atoms with Crippen molar-refractivity contribution in [1.29, 1.82) is 0 Å². The Labute approximate surface area is 89.9 Å². The maximum atomic E-state index is 5.91. The van der Waals surface area contributed by atoms with Crippen LogP contribution in [0.2, 0.25) is 0 Å². The first-order chi connectivity index (χ1) is 7.09. The lowest BCUT2D eigenvalue weighted by Crippen LogP contribution is -2.06. The molecule has 1 atom stereocenters. The van der Waals surface area contributed by atoms with E-state index in [0.717, 1.165) is 16.9 Å². The van der Waals surface area contributed by atoms with E-state index in [1.807, 2.05) is 29.7 Å². The van der Waals surface area contributed by atoms with E-state index in [1.165, 1.54) is 0 Å². The van der Waals surface area contributed by atoms with Crippen molar-refractivity contribution >= 4 is 5.65 Å². The zero-order chi connectivity index (χ0) is 11.0. The molecule has 2 rings (SSSR count). The molecule has 2 aromatic heterocycles. The largest absolute Gasteiger partial charge is 0.324 e. The van der Waals surface area contributed by atoms with Gasteiger partial charge in [-0.3, -0.25) is 0 Å². The van der Waals surface area contributed by atoms with Crippen LogP contribution in [0.15, 0.2) is 24.5 Å². The molecule has 3 heteroatoms. The standard InChI is InChI=1S/C12H17N3/c1-8(2)11-7-15-6-4-5-10(9(3)13)12(15)14-11/h4-9H,13H2,1-3H3. The summed E-state index contributed by atoms with van der Waals surface area (Å²) in [5, 5.41) is 0. The molecule has 0 aliphatic heterocycles. The molecule has 2 N–H and O–H groups in total. The second kappa shape index (κ2) is 3.66. The molecule has 0 saturated carbocycles. The van der Waals surface area contributed by atoms with Gasteiger partial charge >= 0.3 is 0 Å². The molecule has 0 saturated heterocycles. The highest BCUT2D eigenvalue weighted by Gasteiger charge is 2.10. The minimum Gasteiger partial charge on any atom is -0.324 e. The molecule has 0 aliphatic carbocycles. The third-order valence-corrected chi connectivity index (χ3v) is 2.61. The van der Waals surface area contributed by atoms with Gasteiger partial charge in [0.1, 0.15) is 5.65 Å². The van der Waals surface area contributed by atoms with Crippen molar-refractivity contribution in [3.63, 3.8) is 0 Å². The number of pyridine rings is 1. The van der Waals surface area contributed by atoms with Gasteiger partial charge in [-0.05, 0) is 18.9 Å². The highest BCUT2D eigenvalue weighted by Crippen LogP contribution is 2.20. The first kappa shape index (κ1) is 10.2. The number of rotatable bonds is 2. The first-order valence-corrected chi connectivity index (χ1v) is 5.32. The van der Waals surface area contributed by atoms with Gasteiger partial charge in [0.25, 0.3) is 0 Å². The Morgan fingerprint density at radius 2 is 2.07 bits per heavy atom. The van der Waals surface area contributed by atoms with E-state index < -0.39 is 0 Å². The Morgan fingerprint density at radius 3 is 2.67 bits per heavy atom. The number of aromatic nitrogens is 2. The molecular weight excluding hydrogens is 186 g/mol. The molecule has 0 spiro atoms. The van der Waals surface area contributed by atoms with E-state index in [4.69, 9.17) is 5.73 Å². The summed E-state index contributed by atoms with van der Waals surface area (Å²) in [5.41, 5.74) is 9.11. The molecule has 0 radical (unpaired) electrons. The van der Waals surface area contributed by atoms with Gasteiger partial charge in [-0.2, -0.15) is 0 Å². The minimum absolute atomic E-state index is 0.0242. The normalized spacial score (nSPS) is 13.7. The molecule has 80 valence electrons. The van der Waals surface area contributed by atoms with Crippen molar-refractivity contribution in [2.24, 2.45) is 5.73 Å². The van der Waals surface area contributed by atoms with Gasteiger partial charge in [0, 0.05) is 24.0 Å². The van der Waals surface area contributed by atoms with Crippen molar-refractivity contribution in [1.82, 2.24) is 9.38 Å². The summed E-state index contributed by atoms with van der Waals surface area (Å²) in [6, 6.07) is 4.07. The van der Waals surface area contributed by atoms with Crippen molar-refractivity contribution in [3.05, 3.63) is 35.8 Å². The second-order valence-corrected chi connectivity index (χ2v) is 4.30. The van der Waals surface area contributed by atoms with Gasteiger partial charge in [0.2, 0.25) is 0 Å². The van der Waals surface area contributed by atoms with Crippen LogP contribution in [0, 0.1) is 0 Å². The predicted molar refractivity (Wildman–Crippen MR) is 61.9 cm³/mol. The number of imidazole rings is 1. The highest BCUT2D eigenvalue weighted by molar-refractivity contribution is 5.50. The number of fused-ring (bicyclic) bond motifs is 1. The van der Waals surface area contributed by atoms with Gasteiger partial charge in [-0.15, -0.1) is 0 Å². The van der Waals surface area contributed by atoms with Gasteiger partial charge in [0.05, 0.1) is 5.69 Å². The smallest absolute Gasteiger partial charge is 0.141 e. The van der Waals surface area contributed by atoms with Crippen LogP contribution in [0.25, 0.3) is 5.65 Å². The highest BCUT2D eigenvalue weighted by atomic mass is 15.0. The summed E-state index contributed by atoms with van der Waals surface area (Å²) in [7, 11) is 0. The van der Waals surface area contributed by atoms with E-state index in [2.05, 4.69) is 25.0 Å². The van der Waals surface area contributed by atoms with Crippen LogP contribution < -0.4 is 5.73 Å². The molecule has 0 bridgehead atoms. The molecule has 2 heterocycles.